The van der Waals surface area contributed by atoms with Crippen LogP contribution in [0.15, 0.2) is 34.2 Å². The zero-order valence-corrected chi connectivity index (χ0v) is 11.5. The van der Waals surface area contributed by atoms with E-state index in [1.54, 1.807) is 11.3 Å². The summed E-state index contributed by atoms with van der Waals surface area (Å²) in [5, 5.41) is 0. The maximum absolute atomic E-state index is 6.12. The Morgan fingerprint density at radius 3 is 2.88 bits per heavy atom. The van der Waals surface area contributed by atoms with Crippen LogP contribution >= 0.6 is 27.3 Å². The summed E-state index contributed by atoms with van der Waals surface area (Å²) in [5.74, 6) is 0.689. The number of imidazole rings is 1. The highest BCUT2D eigenvalue weighted by Crippen LogP contribution is 2.34. The third kappa shape index (κ3) is 1.75. The second kappa shape index (κ2) is 3.85. The molecule has 0 radical (unpaired) electrons. The van der Waals surface area contributed by atoms with Gasteiger partial charge in [-0.1, -0.05) is 0 Å². The summed E-state index contributed by atoms with van der Waals surface area (Å²) in [7, 11) is 0. The zero-order valence-electron chi connectivity index (χ0n) is 9.14. The van der Waals surface area contributed by atoms with Gasteiger partial charge in [0.25, 0.3) is 0 Å². The van der Waals surface area contributed by atoms with Crippen LogP contribution in [0, 0.1) is 6.92 Å². The minimum absolute atomic E-state index is 0.689. The molecule has 0 unspecified atom stereocenters. The number of hydrogen-bond acceptors (Lipinski definition) is 3. The van der Waals surface area contributed by atoms with E-state index in [4.69, 9.17) is 5.73 Å². The second-order valence-electron chi connectivity index (χ2n) is 3.88. The molecule has 3 aromatic rings. The van der Waals surface area contributed by atoms with Crippen molar-refractivity contribution in [2.45, 2.75) is 6.92 Å². The molecule has 3 heterocycles. The fourth-order valence-corrected chi connectivity index (χ4v) is 3.17. The molecule has 0 fully saturated rings. The summed E-state index contributed by atoms with van der Waals surface area (Å²) in [6.07, 6.45) is 1.96. The SMILES string of the molecule is Cc1ccn2c(N)c(-c3ccc(Br)s3)nc2c1. The van der Waals surface area contributed by atoms with Crippen LogP contribution in [0.2, 0.25) is 0 Å². The predicted molar refractivity (Wildman–Crippen MR) is 75.4 cm³/mol. The van der Waals surface area contributed by atoms with Gasteiger partial charge in [-0.3, -0.25) is 4.40 Å². The molecular weight excluding hydrogens is 298 g/mol. The summed E-state index contributed by atoms with van der Waals surface area (Å²) < 4.78 is 3.00. The van der Waals surface area contributed by atoms with Gasteiger partial charge in [-0.15, -0.1) is 11.3 Å². The Kier molecular flexibility index (Phi) is 2.45. The molecule has 2 N–H and O–H groups in total. The first-order valence-electron chi connectivity index (χ1n) is 5.15. The first kappa shape index (κ1) is 10.8. The van der Waals surface area contributed by atoms with E-state index in [0.717, 1.165) is 20.0 Å². The number of halogens is 1. The Bertz CT molecular complexity index is 699. The molecule has 5 heteroatoms. The van der Waals surface area contributed by atoms with Gasteiger partial charge in [0.2, 0.25) is 0 Å². The number of pyridine rings is 1. The van der Waals surface area contributed by atoms with Crippen molar-refractivity contribution in [3.05, 3.63) is 39.8 Å². The highest BCUT2D eigenvalue weighted by atomic mass is 79.9. The Morgan fingerprint density at radius 2 is 2.18 bits per heavy atom. The van der Waals surface area contributed by atoms with E-state index >= 15 is 0 Å². The van der Waals surface area contributed by atoms with E-state index < -0.39 is 0 Å². The first-order chi connectivity index (χ1) is 8.15. The van der Waals surface area contributed by atoms with Crippen LogP contribution in [0.25, 0.3) is 16.2 Å². The molecule has 86 valence electrons. The lowest BCUT2D eigenvalue weighted by molar-refractivity contribution is 1.18. The van der Waals surface area contributed by atoms with Crippen molar-refractivity contribution < 1.29 is 0 Å². The lowest BCUT2D eigenvalue weighted by atomic mass is 10.3. The van der Waals surface area contributed by atoms with Crippen molar-refractivity contribution in [3.8, 4) is 10.6 Å². The number of aromatic nitrogens is 2. The number of nitrogens with zero attached hydrogens (tertiary/aromatic N) is 2. The second-order valence-corrected chi connectivity index (χ2v) is 6.34. The number of aryl methyl sites for hydroxylation is 1. The standard InChI is InChI=1S/C12H10BrN3S/c1-7-4-5-16-10(6-7)15-11(12(16)14)8-2-3-9(13)17-8/h2-6H,14H2,1H3. The van der Waals surface area contributed by atoms with Gasteiger partial charge in [-0.25, -0.2) is 4.98 Å². The van der Waals surface area contributed by atoms with Gasteiger partial charge >= 0.3 is 0 Å². The monoisotopic (exact) mass is 307 g/mol. The molecule has 0 saturated heterocycles. The third-order valence-electron chi connectivity index (χ3n) is 2.63. The van der Waals surface area contributed by atoms with E-state index in [0.29, 0.717) is 5.82 Å². The molecule has 0 aliphatic rings. The maximum Gasteiger partial charge on any atom is 0.139 e. The van der Waals surface area contributed by atoms with E-state index in [-0.39, 0.29) is 0 Å². The van der Waals surface area contributed by atoms with Crippen LogP contribution < -0.4 is 5.73 Å². The zero-order chi connectivity index (χ0) is 12.0. The molecule has 0 atom stereocenters. The molecule has 0 spiro atoms. The normalized spacial score (nSPS) is 11.2. The predicted octanol–water partition coefficient (Wildman–Crippen LogP) is 3.72. The molecule has 3 aromatic heterocycles. The van der Waals surface area contributed by atoms with Crippen LogP contribution in [0.5, 0.6) is 0 Å². The molecule has 3 rings (SSSR count). The van der Waals surface area contributed by atoms with E-state index in [2.05, 4.69) is 20.9 Å². The Labute approximate surface area is 111 Å². The summed E-state index contributed by atoms with van der Waals surface area (Å²) in [6.45, 7) is 2.05. The quantitative estimate of drug-likeness (QED) is 0.744. The lowest BCUT2D eigenvalue weighted by Crippen LogP contribution is -1.93. The van der Waals surface area contributed by atoms with Gasteiger partial charge in [-0.2, -0.15) is 0 Å². The average Bonchev–Trinajstić information content (AvgIpc) is 2.83. The highest BCUT2D eigenvalue weighted by molar-refractivity contribution is 9.11. The van der Waals surface area contributed by atoms with Crippen molar-refractivity contribution in [2.24, 2.45) is 0 Å². The fraction of sp³-hybridized carbons (Fsp3) is 0.0833. The lowest BCUT2D eigenvalue weighted by Gasteiger charge is -1.97. The van der Waals surface area contributed by atoms with Crippen LogP contribution in [0.1, 0.15) is 5.56 Å². The number of rotatable bonds is 1. The van der Waals surface area contributed by atoms with Crippen LogP contribution in [0.3, 0.4) is 0 Å². The van der Waals surface area contributed by atoms with E-state index in [1.807, 2.05) is 41.8 Å². The Hall–Kier alpha value is -1.33. The Morgan fingerprint density at radius 1 is 1.35 bits per heavy atom. The molecule has 0 amide bonds. The maximum atomic E-state index is 6.12. The molecular formula is C12H10BrN3S. The highest BCUT2D eigenvalue weighted by Gasteiger charge is 2.12. The average molecular weight is 308 g/mol. The topological polar surface area (TPSA) is 43.3 Å². The van der Waals surface area contributed by atoms with E-state index in [9.17, 15) is 0 Å². The fourth-order valence-electron chi connectivity index (χ4n) is 1.79. The third-order valence-corrected chi connectivity index (χ3v) is 4.26. The number of anilines is 1. The number of fused-ring (bicyclic) bond motifs is 1. The summed E-state index contributed by atoms with van der Waals surface area (Å²) >= 11 is 5.09. The molecule has 0 aromatic carbocycles. The van der Waals surface area contributed by atoms with Crippen molar-refractivity contribution >= 4 is 38.7 Å². The van der Waals surface area contributed by atoms with Crippen LogP contribution in [-0.4, -0.2) is 9.38 Å². The van der Waals surface area contributed by atoms with Gasteiger partial charge in [-0.05, 0) is 52.7 Å². The van der Waals surface area contributed by atoms with Gasteiger partial charge < -0.3 is 5.73 Å². The minimum Gasteiger partial charge on any atom is -0.383 e. The number of nitrogen functional groups attached to an aromatic ring is 1. The van der Waals surface area contributed by atoms with Crippen molar-refractivity contribution in [3.63, 3.8) is 0 Å². The number of nitrogens with two attached hydrogens (primary N) is 1. The van der Waals surface area contributed by atoms with Gasteiger partial charge in [0.1, 0.15) is 17.2 Å². The minimum atomic E-state index is 0.689. The molecule has 17 heavy (non-hydrogen) atoms. The summed E-state index contributed by atoms with van der Waals surface area (Å²) in [4.78, 5) is 5.66. The molecule has 0 saturated carbocycles. The molecule has 0 aliphatic carbocycles. The summed E-state index contributed by atoms with van der Waals surface area (Å²) in [5.41, 5.74) is 9.05. The van der Waals surface area contributed by atoms with Crippen LogP contribution in [-0.2, 0) is 0 Å². The van der Waals surface area contributed by atoms with Gasteiger partial charge in [0.05, 0.1) is 8.66 Å². The van der Waals surface area contributed by atoms with Crippen molar-refractivity contribution in [1.29, 1.82) is 0 Å². The van der Waals surface area contributed by atoms with Crippen LogP contribution in [0.4, 0.5) is 5.82 Å². The summed E-state index contributed by atoms with van der Waals surface area (Å²) in [6, 6.07) is 8.09. The smallest absolute Gasteiger partial charge is 0.139 e. The van der Waals surface area contributed by atoms with Crippen molar-refractivity contribution in [2.75, 3.05) is 5.73 Å². The number of thiophene rings is 1. The Balaban J connectivity index is 2.27. The molecule has 0 aliphatic heterocycles. The number of hydrogen-bond donors (Lipinski definition) is 1. The molecule has 0 bridgehead atoms. The van der Waals surface area contributed by atoms with E-state index in [1.165, 1.54) is 5.56 Å². The first-order valence-corrected chi connectivity index (χ1v) is 6.76. The molecule has 3 nitrogen and oxygen atoms in total. The van der Waals surface area contributed by atoms with Gasteiger partial charge in [0.15, 0.2) is 0 Å². The van der Waals surface area contributed by atoms with Crippen molar-refractivity contribution in [1.82, 2.24) is 9.38 Å². The van der Waals surface area contributed by atoms with Gasteiger partial charge in [0, 0.05) is 6.20 Å². The largest absolute Gasteiger partial charge is 0.383 e.